The first-order chi connectivity index (χ1) is 3.93. The van der Waals surface area contributed by atoms with Gasteiger partial charge in [0.1, 0.15) is 11.5 Å². The van der Waals surface area contributed by atoms with Crippen LogP contribution in [-0.2, 0) is 11.3 Å². The summed E-state index contributed by atoms with van der Waals surface area (Å²) < 4.78 is 9.98. The van der Waals surface area contributed by atoms with E-state index in [4.69, 9.17) is 0 Å². The Morgan fingerprint density at radius 3 is 2.50 bits per heavy atom. The minimum atomic E-state index is 0.414. The van der Waals surface area contributed by atoms with Gasteiger partial charge in [-0.2, -0.15) is 0 Å². The highest BCUT2D eigenvalue weighted by molar-refractivity contribution is 7.70. The zero-order valence-electron chi connectivity index (χ0n) is 4.07. The molecule has 3 nitrogen and oxygen atoms in total. The van der Waals surface area contributed by atoms with Gasteiger partial charge >= 0.3 is 0 Å². The molecule has 4 heteroatoms. The first-order valence-electron chi connectivity index (χ1n) is 2.10. The summed E-state index contributed by atoms with van der Waals surface area (Å²) in [6.07, 6.45) is 3.06. The maximum Gasteiger partial charge on any atom is 0.129 e. The van der Waals surface area contributed by atoms with E-state index >= 15 is 0 Å². The molecule has 0 unspecified atom stereocenters. The Morgan fingerprint density at radius 2 is 2.12 bits per heavy atom. The van der Waals surface area contributed by atoms with Crippen LogP contribution in [0.3, 0.4) is 0 Å². The highest BCUT2D eigenvalue weighted by atomic mass is 32.1. The van der Waals surface area contributed by atoms with Crippen molar-refractivity contribution in [2.45, 2.75) is 0 Å². The first-order valence-corrected chi connectivity index (χ1v) is 2.84. The van der Waals surface area contributed by atoms with Crippen molar-refractivity contribution in [2.75, 3.05) is 6.67 Å². The van der Waals surface area contributed by atoms with E-state index in [2.05, 4.69) is 9.98 Å². The van der Waals surface area contributed by atoms with Crippen LogP contribution < -0.4 is 0 Å². The van der Waals surface area contributed by atoms with Gasteiger partial charge in [-0.15, -0.1) is 0 Å². The fourth-order valence-corrected chi connectivity index (χ4v) is 0.620. The van der Waals surface area contributed by atoms with Gasteiger partial charge in [0.05, 0.1) is 11.3 Å². The molecule has 0 radical (unpaired) electrons. The maximum absolute atomic E-state index is 9.98. The van der Waals surface area contributed by atoms with Crippen LogP contribution in [0.1, 0.15) is 0 Å². The number of hydrogen-bond acceptors (Lipinski definition) is 3. The second-order valence-corrected chi connectivity index (χ2v) is 1.89. The molecule has 0 amide bonds. The largest absolute Gasteiger partial charge is 0.268 e. The molecule has 0 aromatic rings. The van der Waals surface area contributed by atoms with Crippen molar-refractivity contribution in [3.63, 3.8) is 0 Å². The summed E-state index contributed by atoms with van der Waals surface area (Å²) in [5, 5.41) is 0. The van der Waals surface area contributed by atoms with E-state index in [-0.39, 0.29) is 0 Å². The van der Waals surface area contributed by atoms with Crippen molar-refractivity contribution >= 4 is 28.5 Å². The first kappa shape index (κ1) is 5.37. The Kier molecular flexibility index (Phi) is 1.69. The quantitative estimate of drug-likeness (QED) is 0.405. The van der Waals surface area contributed by atoms with Crippen molar-refractivity contribution in [1.29, 1.82) is 0 Å². The number of nitrogens with zero attached hydrogens (tertiary/aromatic N) is 2. The summed E-state index contributed by atoms with van der Waals surface area (Å²) in [4.78, 5) is 8.08. The summed E-state index contributed by atoms with van der Waals surface area (Å²) in [7, 11) is 0. The van der Waals surface area contributed by atoms with Crippen LogP contribution in [-0.4, -0.2) is 28.2 Å². The standard InChI is InChI=1S/C4H4N2OS/c7-8-4-1-5-3-6-2-4/h1-2H,3H2. The fourth-order valence-electron chi connectivity index (χ4n) is 0.385. The average molecular weight is 128 g/mol. The van der Waals surface area contributed by atoms with Crippen LogP contribution in [0.15, 0.2) is 9.98 Å². The molecule has 1 aliphatic rings. The molecule has 8 heavy (non-hydrogen) atoms. The minimum absolute atomic E-state index is 0.414. The van der Waals surface area contributed by atoms with Gasteiger partial charge in [0.15, 0.2) is 0 Å². The van der Waals surface area contributed by atoms with Crippen LogP contribution in [0.2, 0.25) is 0 Å². The van der Waals surface area contributed by atoms with Gasteiger partial charge in [0.2, 0.25) is 0 Å². The lowest BCUT2D eigenvalue weighted by atomic mass is 10.5. The predicted octanol–water partition coefficient (Wildman–Crippen LogP) is -0.516. The lowest BCUT2D eigenvalue weighted by molar-refractivity contribution is 0.701. The van der Waals surface area contributed by atoms with E-state index < -0.39 is 0 Å². The van der Waals surface area contributed by atoms with Gasteiger partial charge in [-0.1, -0.05) is 0 Å². The van der Waals surface area contributed by atoms with E-state index in [9.17, 15) is 4.21 Å². The van der Waals surface area contributed by atoms with Crippen molar-refractivity contribution in [3.05, 3.63) is 0 Å². The van der Waals surface area contributed by atoms with Crippen LogP contribution >= 0.6 is 0 Å². The van der Waals surface area contributed by atoms with E-state index in [0.717, 1.165) is 0 Å². The zero-order valence-corrected chi connectivity index (χ0v) is 4.89. The zero-order chi connectivity index (χ0) is 5.82. The molecule has 0 bridgehead atoms. The third-order valence-corrected chi connectivity index (χ3v) is 1.10. The Morgan fingerprint density at radius 1 is 1.50 bits per heavy atom. The van der Waals surface area contributed by atoms with E-state index in [1.165, 1.54) is 12.4 Å². The van der Waals surface area contributed by atoms with Crippen molar-refractivity contribution in [2.24, 2.45) is 9.98 Å². The number of hydrogen-bond donors (Lipinski definition) is 0. The van der Waals surface area contributed by atoms with Gasteiger partial charge in [-0.3, -0.25) is 9.98 Å². The molecule has 42 valence electrons. The molecule has 0 spiro atoms. The minimum Gasteiger partial charge on any atom is -0.268 e. The fraction of sp³-hybridized carbons (Fsp3) is 0.250. The molecule has 0 aromatic heterocycles. The predicted molar refractivity (Wildman–Crippen MR) is 35.0 cm³/mol. The Hall–Kier alpha value is -0.770. The second-order valence-electron chi connectivity index (χ2n) is 1.25. The van der Waals surface area contributed by atoms with E-state index in [0.29, 0.717) is 22.8 Å². The molecule has 0 aliphatic carbocycles. The Balaban J connectivity index is 2.84. The van der Waals surface area contributed by atoms with Crippen molar-refractivity contribution in [3.8, 4) is 0 Å². The molecule has 0 atom stereocenters. The van der Waals surface area contributed by atoms with Gasteiger partial charge in [-0.05, 0) is 0 Å². The highest BCUT2D eigenvalue weighted by Crippen LogP contribution is 1.77. The average Bonchev–Trinajstić information content (AvgIpc) is 1.90. The molecule has 1 heterocycles. The van der Waals surface area contributed by atoms with Crippen molar-refractivity contribution in [1.82, 2.24) is 0 Å². The summed E-state index contributed by atoms with van der Waals surface area (Å²) in [6.45, 7) is 0.462. The van der Waals surface area contributed by atoms with Gasteiger partial charge in [0, 0.05) is 12.4 Å². The maximum atomic E-state index is 9.98. The number of rotatable bonds is 0. The molecular weight excluding hydrogens is 124 g/mol. The lowest BCUT2D eigenvalue weighted by Crippen LogP contribution is -2.05. The Bertz CT molecular complexity index is 176. The van der Waals surface area contributed by atoms with Crippen molar-refractivity contribution < 1.29 is 4.21 Å². The third kappa shape index (κ3) is 1.10. The summed E-state index contributed by atoms with van der Waals surface area (Å²) in [5.41, 5.74) is 0. The van der Waals surface area contributed by atoms with Gasteiger partial charge < -0.3 is 0 Å². The SMILES string of the molecule is O=S=C1C=NCN=C1. The highest BCUT2D eigenvalue weighted by Gasteiger charge is 1.90. The van der Waals surface area contributed by atoms with Gasteiger partial charge in [0.25, 0.3) is 0 Å². The second kappa shape index (κ2) is 2.52. The molecule has 0 N–H and O–H groups in total. The Labute approximate surface area is 50.2 Å². The topological polar surface area (TPSA) is 41.8 Å². The molecule has 0 fully saturated rings. The van der Waals surface area contributed by atoms with E-state index in [1.54, 1.807) is 0 Å². The van der Waals surface area contributed by atoms with E-state index in [1.807, 2.05) is 0 Å². The summed E-state index contributed by atoms with van der Waals surface area (Å²) in [5.74, 6) is 0. The molecule has 1 rings (SSSR count). The molecule has 1 aliphatic heterocycles. The lowest BCUT2D eigenvalue weighted by Gasteiger charge is -1.90. The smallest absolute Gasteiger partial charge is 0.129 e. The van der Waals surface area contributed by atoms with Gasteiger partial charge in [-0.25, -0.2) is 4.21 Å². The number of aliphatic imine (C=N–C) groups is 2. The molecule has 0 saturated heterocycles. The van der Waals surface area contributed by atoms with Crippen LogP contribution in [0.4, 0.5) is 0 Å². The van der Waals surface area contributed by atoms with Crippen LogP contribution in [0, 0.1) is 0 Å². The van der Waals surface area contributed by atoms with Crippen LogP contribution in [0.5, 0.6) is 0 Å². The van der Waals surface area contributed by atoms with Crippen LogP contribution in [0.25, 0.3) is 0 Å². The molecule has 0 aromatic carbocycles. The molecule has 0 saturated carbocycles. The summed E-state index contributed by atoms with van der Waals surface area (Å²) in [6, 6.07) is 0. The molecular formula is C4H4N2OS. The summed E-state index contributed by atoms with van der Waals surface area (Å²) >= 11 is 0.414. The normalized spacial score (nSPS) is 16.8. The third-order valence-electron chi connectivity index (χ3n) is 0.697. The monoisotopic (exact) mass is 128 g/mol.